The molecule has 0 aromatic carbocycles. The molecule has 0 spiro atoms. The fraction of sp³-hybridized carbons (Fsp3) is 0.571. The van der Waals surface area contributed by atoms with E-state index >= 15 is 0 Å². The summed E-state index contributed by atoms with van der Waals surface area (Å²) in [5.41, 5.74) is 6.45. The summed E-state index contributed by atoms with van der Waals surface area (Å²) in [4.78, 5) is 19.8. The second-order valence-electron chi connectivity index (χ2n) is 5.36. The third-order valence-corrected chi connectivity index (χ3v) is 3.67. The lowest BCUT2D eigenvalue weighted by molar-refractivity contribution is 0.0827. The summed E-state index contributed by atoms with van der Waals surface area (Å²) < 4.78 is 0. The molecule has 0 bridgehead atoms. The minimum absolute atomic E-state index is 0.0285. The van der Waals surface area contributed by atoms with E-state index < -0.39 is 0 Å². The van der Waals surface area contributed by atoms with Gasteiger partial charge >= 0.3 is 0 Å². The Labute approximate surface area is 114 Å². The predicted molar refractivity (Wildman–Crippen MR) is 76.2 cm³/mol. The number of pyridine rings is 1. The monoisotopic (exact) mass is 262 g/mol. The number of amides is 1. The summed E-state index contributed by atoms with van der Waals surface area (Å²) in [6.45, 7) is 0.640. The van der Waals surface area contributed by atoms with Crippen molar-refractivity contribution >= 4 is 11.7 Å². The van der Waals surface area contributed by atoms with Crippen molar-refractivity contribution in [3.8, 4) is 0 Å². The number of carbonyl (C=O) groups is 1. The Hall–Kier alpha value is -1.62. The van der Waals surface area contributed by atoms with E-state index in [0.29, 0.717) is 24.1 Å². The standard InChI is InChI=1S/C14H22N4O/c1-17(2)14(19)11-6-7-13(16-9-11)18(3)12(8-15)10-4-5-10/h6-7,9-10,12H,4-5,8,15H2,1-3H3. The van der Waals surface area contributed by atoms with Gasteiger partial charge in [0.05, 0.1) is 5.56 Å². The zero-order chi connectivity index (χ0) is 14.0. The summed E-state index contributed by atoms with van der Waals surface area (Å²) in [6.07, 6.45) is 4.14. The van der Waals surface area contributed by atoms with E-state index in [0.717, 1.165) is 5.82 Å². The first-order chi connectivity index (χ1) is 9.04. The van der Waals surface area contributed by atoms with Crippen LogP contribution in [0.1, 0.15) is 23.2 Å². The third-order valence-electron chi connectivity index (χ3n) is 3.67. The van der Waals surface area contributed by atoms with Crippen molar-refractivity contribution in [2.45, 2.75) is 18.9 Å². The number of hydrogen-bond donors (Lipinski definition) is 1. The smallest absolute Gasteiger partial charge is 0.254 e. The highest BCUT2D eigenvalue weighted by molar-refractivity contribution is 5.93. The molecule has 5 heteroatoms. The second kappa shape index (κ2) is 5.57. The average Bonchev–Trinajstić information content (AvgIpc) is 3.23. The molecule has 1 aliphatic carbocycles. The van der Waals surface area contributed by atoms with E-state index in [2.05, 4.69) is 9.88 Å². The van der Waals surface area contributed by atoms with Crippen LogP contribution < -0.4 is 10.6 Å². The van der Waals surface area contributed by atoms with Crippen LogP contribution >= 0.6 is 0 Å². The molecule has 1 fully saturated rings. The topological polar surface area (TPSA) is 62.5 Å². The molecular weight excluding hydrogens is 240 g/mol. The molecular formula is C14H22N4O. The molecule has 1 aromatic rings. The van der Waals surface area contributed by atoms with Gasteiger partial charge in [-0.25, -0.2) is 4.98 Å². The van der Waals surface area contributed by atoms with Crippen LogP contribution in [0.2, 0.25) is 0 Å². The molecule has 1 amide bonds. The predicted octanol–water partition coefficient (Wildman–Crippen LogP) is 0.957. The summed E-state index contributed by atoms with van der Waals surface area (Å²) in [7, 11) is 5.49. The Morgan fingerprint density at radius 2 is 2.11 bits per heavy atom. The van der Waals surface area contributed by atoms with Gasteiger partial charge in [0.15, 0.2) is 0 Å². The second-order valence-corrected chi connectivity index (χ2v) is 5.36. The SMILES string of the molecule is CN(C)C(=O)c1ccc(N(C)C(CN)C2CC2)nc1. The Balaban J connectivity index is 2.11. The molecule has 19 heavy (non-hydrogen) atoms. The van der Waals surface area contributed by atoms with Crippen molar-refractivity contribution in [3.63, 3.8) is 0 Å². The number of nitrogens with two attached hydrogens (primary N) is 1. The van der Waals surface area contributed by atoms with Gasteiger partial charge < -0.3 is 15.5 Å². The summed E-state index contributed by atoms with van der Waals surface area (Å²) in [5.74, 6) is 1.54. The van der Waals surface area contributed by atoms with Crippen LogP contribution in [-0.4, -0.2) is 49.5 Å². The Morgan fingerprint density at radius 3 is 2.53 bits per heavy atom. The molecule has 104 valence electrons. The summed E-state index contributed by atoms with van der Waals surface area (Å²) in [6, 6.07) is 4.06. The van der Waals surface area contributed by atoms with Crippen molar-refractivity contribution in [1.29, 1.82) is 0 Å². The van der Waals surface area contributed by atoms with Crippen molar-refractivity contribution in [3.05, 3.63) is 23.9 Å². The van der Waals surface area contributed by atoms with E-state index in [4.69, 9.17) is 5.73 Å². The van der Waals surface area contributed by atoms with Crippen LogP contribution in [0.4, 0.5) is 5.82 Å². The zero-order valence-electron chi connectivity index (χ0n) is 11.8. The van der Waals surface area contributed by atoms with Crippen molar-refractivity contribution in [2.24, 2.45) is 11.7 Å². The van der Waals surface area contributed by atoms with Crippen LogP contribution in [0, 0.1) is 5.92 Å². The maximum atomic E-state index is 11.8. The maximum Gasteiger partial charge on any atom is 0.254 e. The Morgan fingerprint density at radius 1 is 1.42 bits per heavy atom. The van der Waals surface area contributed by atoms with Gasteiger partial charge in [-0.2, -0.15) is 0 Å². The molecule has 1 aliphatic rings. The normalized spacial score (nSPS) is 16.0. The van der Waals surface area contributed by atoms with E-state index in [1.807, 2.05) is 19.2 Å². The van der Waals surface area contributed by atoms with Gasteiger partial charge in [0.2, 0.25) is 0 Å². The van der Waals surface area contributed by atoms with Crippen LogP contribution in [0.3, 0.4) is 0 Å². The van der Waals surface area contributed by atoms with Gasteiger partial charge in [0.25, 0.3) is 5.91 Å². The lowest BCUT2D eigenvalue weighted by Crippen LogP contribution is -2.40. The van der Waals surface area contributed by atoms with E-state index in [9.17, 15) is 4.79 Å². The maximum absolute atomic E-state index is 11.8. The fourth-order valence-corrected chi connectivity index (χ4v) is 2.30. The van der Waals surface area contributed by atoms with Gasteiger partial charge in [0.1, 0.15) is 5.82 Å². The van der Waals surface area contributed by atoms with Crippen molar-refractivity contribution in [2.75, 3.05) is 32.6 Å². The van der Waals surface area contributed by atoms with Crippen LogP contribution in [0.5, 0.6) is 0 Å². The highest BCUT2D eigenvalue weighted by Gasteiger charge is 2.33. The van der Waals surface area contributed by atoms with Crippen LogP contribution in [0.25, 0.3) is 0 Å². The number of anilines is 1. The van der Waals surface area contributed by atoms with Gasteiger partial charge in [-0.05, 0) is 30.9 Å². The first kappa shape index (κ1) is 13.8. The van der Waals surface area contributed by atoms with Gasteiger partial charge in [0, 0.05) is 39.9 Å². The molecule has 1 saturated carbocycles. The number of aromatic nitrogens is 1. The minimum atomic E-state index is -0.0285. The number of rotatable bonds is 5. The van der Waals surface area contributed by atoms with Crippen molar-refractivity contribution < 1.29 is 4.79 Å². The van der Waals surface area contributed by atoms with E-state index in [1.165, 1.54) is 12.8 Å². The van der Waals surface area contributed by atoms with Gasteiger partial charge in [-0.3, -0.25) is 4.79 Å². The van der Waals surface area contributed by atoms with E-state index in [1.54, 1.807) is 25.2 Å². The minimum Gasteiger partial charge on any atom is -0.355 e. The molecule has 1 atom stereocenters. The molecule has 1 heterocycles. The van der Waals surface area contributed by atoms with E-state index in [-0.39, 0.29) is 5.91 Å². The molecule has 0 aliphatic heterocycles. The van der Waals surface area contributed by atoms with Gasteiger partial charge in [-0.1, -0.05) is 0 Å². The quantitative estimate of drug-likeness (QED) is 0.858. The molecule has 1 unspecified atom stereocenters. The zero-order valence-corrected chi connectivity index (χ0v) is 11.8. The van der Waals surface area contributed by atoms with Gasteiger partial charge in [-0.15, -0.1) is 0 Å². The highest BCUT2D eigenvalue weighted by Crippen LogP contribution is 2.35. The van der Waals surface area contributed by atoms with Crippen LogP contribution in [-0.2, 0) is 0 Å². The molecule has 2 rings (SSSR count). The Bertz CT molecular complexity index is 439. The summed E-state index contributed by atoms with van der Waals surface area (Å²) >= 11 is 0. The molecule has 1 aromatic heterocycles. The summed E-state index contributed by atoms with van der Waals surface area (Å²) in [5, 5.41) is 0. The third kappa shape index (κ3) is 3.04. The fourth-order valence-electron chi connectivity index (χ4n) is 2.30. The van der Waals surface area contributed by atoms with Crippen molar-refractivity contribution in [1.82, 2.24) is 9.88 Å². The first-order valence-corrected chi connectivity index (χ1v) is 6.65. The molecule has 2 N–H and O–H groups in total. The largest absolute Gasteiger partial charge is 0.355 e. The number of nitrogens with zero attached hydrogens (tertiary/aromatic N) is 3. The number of carbonyl (C=O) groups excluding carboxylic acids is 1. The number of hydrogen-bond acceptors (Lipinski definition) is 4. The molecule has 0 saturated heterocycles. The highest BCUT2D eigenvalue weighted by atomic mass is 16.2. The Kier molecular flexibility index (Phi) is 4.04. The molecule has 0 radical (unpaired) electrons. The first-order valence-electron chi connectivity index (χ1n) is 6.65. The van der Waals surface area contributed by atoms with Crippen LogP contribution in [0.15, 0.2) is 18.3 Å². The average molecular weight is 262 g/mol. The number of likely N-dealkylation sites (N-methyl/N-ethyl adjacent to an activating group) is 1. The lowest BCUT2D eigenvalue weighted by Gasteiger charge is -2.28. The molecule has 5 nitrogen and oxygen atoms in total. The lowest BCUT2D eigenvalue weighted by atomic mass is 10.1.